The van der Waals surface area contributed by atoms with Gasteiger partial charge < -0.3 is 5.32 Å². The predicted octanol–water partition coefficient (Wildman–Crippen LogP) is 5.78. The van der Waals surface area contributed by atoms with Crippen LogP contribution < -0.4 is 14.3 Å². The number of rotatable bonds is 6. The highest BCUT2D eigenvalue weighted by molar-refractivity contribution is 7.94. The fourth-order valence-electron chi connectivity index (χ4n) is 4.18. The van der Waals surface area contributed by atoms with Crippen molar-refractivity contribution in [3.05, 3.63) is 95.0 Å². The van der Waals surface area contributed by atoms with Crippen LogP contribution in [-0.4, -0.2) is 20.4 Å². The minimum Gasteiger partial charge on any atom is -0.363 e. The van der Waals surface area contributed by atoms with Crippen LogP contribution in [0.25, 0.3) is 10.9 Å². The van der Waals surface area contributed by atoms with E-state index in [9.17, 15) is 8.42 Å². The average Bonchev–Trinajstić information content (AvgIpc) is 3.21. The molecule has 1 aromatic heterocycles. The first-order valence-electron chi connectivity index (χ1n) is 10.7. The second-order valence-corrected chi connectivity index (χ2v) is 10.2. The summed E-state index contributed by atoms with van der Waals surface area (Å²) >= 11 is 6.00. The molecule has 5 rings (SSSR count). The SMILES string of the molecule is CN(c1cccc(Cl)c1)S(=O)(=O)Nc1ccc2nc(N[C@@H]3CCc4ccccc43)ccc2c1. The van der Waals surface area contributed by atoms with E-state index in [2.05, 4.69) is 34.3 Å². The van der Waals surface area contributed by atoms with Crippen molar-refractivity contribution in [3.63, 3.8) is 0 Å². The number of aromatic nitrogens is 1. The van der Waals surface area contributed by atoms with Gasteiger partial charge in [0.2, 0.25) is 0 Å². The van der Waals surface area contributed by atoms with Crippen molar-refractivity contribution in [1.82, 2.24) is 4.98 Å². The first-order chi connectivity index (χ1) is 15.9. The van der Waals surface area contributed by atoms with Crippen LogP contribution in [0.3, 0.4) is 0 Å². The highest BCUT2D eigenvalue weighted by Gasteiger charge is 2.22. The van der Waals surface area contributed by atoms with Gasteiger partial charge in [0, 0.05) is 17.5 Å². The molecule has 1 aliphatic carbocycles. The molecular formula is C25H23ClN4O2S. The quantitative estimate of drug-likeness (QED) is 0.368. The Morgan fingerprint density at radius 2 is 1.85 bits per heavy atom. The maximum atomic E-state index is 12.8. The van der Waals surface area contributed by atoms with E-state index in [0.717, 1.165) is 33.9 Å². The van der Waals surface area contributed by atoms with Crippen LogP contribution in [0.4, 0.5) is 17.2 Å². The van der Waals surface area contributed by atoms with Crippen molar-refractivity contribution in [2.24, 2.45) is 0 Å². The van der Waals surface area contributed by atoms with Gasteiger partial charge in [-0.2, -0.15) is 8.42 Å². The molecule has 1 aliphatic rings. The minimum atomic E-state index is -3.81. The maximum absolute atomic E-state index is 12.8. The standard InChI is InChI=1S/C25H23ClN4O2S/c1-30(21-7-4-6-19(26)16-21)33(31,32)29-20-11-13-23-18(15-20)10-14-25(27-23)28-24-12-9-17-5-2-3-8-22(17)24/h2-8,10-11,13-16,24,29H,9,12H2,1H3,(H,27,28)/t24-/m1/s1. The molecule has 0 spiro atoms. The highest BCUT2D eigenvalue weighted by Crippen LogP contribution is 2.33. The van der Waals surface area contributed by atoms with Gasteiger partial charge in [0.15, 0.2) is 0 Å². The Kier molecular flexibility index (Phi) is 5.60. The number of halogens is 1. The number of fused-ring (bicyclic) bond motifs is 2. The Labute approximate surface area is 198 Å². The summed E-state index contributed by atoms with van der Waals surface area (Å²) in [5, 5.41) is 4.85. The van der Waals surface area contributed by atoms with Gasteiger partial charge in [-0.1, -0.05) is 41.9 Å². The van der Waals surface area contributed by atoms with Gasteiger partial charge in [-0.05, 0) is 72.5 Å². The van der Waals surface area contributed by atoms with E-state index in [0.29, 0.717) is 16.4 Å². The van der Waals surface area contributed by atoms with Crippen LogP contribution in [0.1, 0.15) is 23.6 Å². The van der Waals surface area contributed by atoms with E-state index in [1.807, 2.05) is 18.2 Å². The van der Waals surface area contributed by atoms with Crippen molar-refractivity contribution >= 4 is 49.9 Å². The van der Waals surface area contributed by atoms with Crippen molar-refractivity contribution in [1.29, 1.82) is 0 Å². The van der Waals surface area contributed by atoms with E-state index in [1.165, 1.54) is 18.2 Å². The molecule has 0 amide bonds. The van der Waals surface area contributed by atoms with Gasteiger partial charge in [-0.25, -0.2) is 4.98 Å². The molecule has 0 saturated carbocycles. The summed E-state index contributed by atoms with van der Waals surface area (Å²) in [6.07, 6.45) is 2.11. The van der Waals surface area contributed by atoms with Crippen molar-refractivity contribution in [3.8, 4) is 0 Å². The molecule has 4 aromatic rings. The van der Waals surface area contributed by atoms with Crippen LogP contribution in [0, 0.1) is 0 Å². The Bertz CT molecular complexity index is 1440. The lowest BCUT2D eigenvalue weighted by molar-refractivity contribution is 0.599. The molecule has 0 fully saturated rings. The van der Waals surface area contributed by atoms with Gasteiger partial charge in [-0.15, -0.1) is 0 Å². The Morgan fingerprint density at radius 3 is 2.70 bits per heavy atom. The molecule has 0 saturated heterocycles. The number of nitrogens with one attached hydrogen (secondary N) is 2. The predicted molar refractivity (Wildman–Crippen MR) is 135 cm³/mol. The summed E-state index contributed by atoms with van der Waals surface area (Å²) in [5.41, 5.74) is 4.44. The number of hydrogen-bond donors (Lipinski definition) is 2. The molecule has 3 aromatic carbocycles. The molecule has 2 N–H and O–H groups in total. The Balaban J connectivity index is 1.34. The van der Waals surface area contributed by atoms with Gasteiger partial charge in [-0.3, -0.25) is 9.03 Å². The summed E-state index contributed by atoms with van der Waals surface area (Å²) in [4.78, 5) is 4.73. The topological polar surface area (TPSA) is 74.3 Å². The van der Waals surface area contributed by atoms with Gasteiger partial charge in [0.1, 0.15) is 5.82 Å². The molecule has 0 radical (unpaired) electrons. The largest absolute Gasteiger partial charge is 0.363 e. The number of nitrogens with zero attached hydrogens (tertiary/aromatic N) is 2. The molecule has 0 bridgehead atoms. The summed E-state index contributed by atoms with van der Waals surface area (Å²) in [7, 11) is -2.33. The summed E-state index contributed by atoms with van der Waals surface area (Å²) < 4.78 is 29.5. The second-order valence-electron chi connectivity index (χ2n) is 8.09. The monoisotopic (exact) mass is 478 g/mol. The molecule has 1 atom stereocenters. The van der Waals surface area contributed by atoms with E-state index in [4.69, 9.17) is 16.6 Å². The lowest BCUT2D eigenvalue weighted by atomic mass is 10.1. The van der Waals surface area contributed by atoms with Crippen LogP contribution in [0.5, 0.6) is 0 Å². The Morgan fingerprint density at radius 1 is 1.00 bits per heavy atom. The third-order valence-corrected chi connectivity index (χ3v) is 7.58. The molecule has 0 unspecified atom stereocenters. The summed E-state index contributed by atoms with van der Waals surface area (Å²) in [5.74, 6) is 0.804. The summed E-state index contributed by atoms with van der Waals surface area (Å²) in [6, 6.07) is 24.6. The van der Waals surface area contributed by atoms with Crippen molar-refractivity contribution in [2.75, 3.05) is 21.4 Å². The third kappa shape index (κ3) is 4.47. The van der Waals surface area contributed by atoms with E-state index >= 15 is 0 Å². The van der Waals surface area contributed by atoms with Crippen molar-refractivity contribution in [2.45, 2.75) is 18.9 Å². The lowest BCUT2D eigenvalue weighted by Crippen LogP contribution is -2.32. The van der Waals surface area contributed by atoms with Gasteiger partial charge in [0.25, 0.3) is 0 Å². The number of pyridine rings is 1. The number of hydrogen-bond acceptors (Lipinski definition) is 4. The zero-order valence-corrected chi connectivity index (χ0v) is 19.6. The first-order valence-corrected chi connectivity index (χ1v) is 12.5. The molecule has 0 aliphatic heterocycles. The van der Waals surface area contributed by atoms with Crippen molar-refractivity contribution < 1.29 is 8.42 Å². The van der Waals surface area contributed by atoms with Gasteiger partial charge >= 0.3 is 10.2 Å². The third-order valence-electron chi connectivity index (χ3n) is 5.92. The lowest BCUT2D eigenvalue weighted by Gasteiger charge is -2.20. The molecular weight excluding hydrogens is 456 g/mol. The fourth-order valence-corrected chi connectivity index (χ4v) is 5.32. The van der Waals surface area contributed by atoms with Crippen LogP contribution in [-0.2, 0) is 16.6 Å². The normalized spacial score (nSPS) is 15.3. The Hall–Kier alpha value is -3.29. The van der Waals surface area contributed by atoms with E-state index in [1.54, 1.807) is 36.4 Å². The minimum absolute atomic E-state index is 0.249. The molecule has 168 valence electrons. The number of anilines is 3. The smallest absolute Gasteiger partial charge is 0.323 e. The number of aryl methyl sites for hydroxylation is 1. The summed E-state index contributed by atoms with van der Waals surface area (Å²) in [6.45, 7) is 0. The molecule has 8 heteroatoms. The fraction of sp³-hybridized carbons (Fsp3) is 0.160. The first kappa shape index (κ1) is 21.6. The van der Waals surface area contributed by atoms with E-state index < -0.39 is 10.2 Å². The van der Waals surface area contributed by atoms with E-state index in [-0.39, 0.29) is 6.04 Å². The zero-order chi connectivity index (χ0) is 23.0. The van der Waals surface area contributed by atoms with Crippen LogP contribution in [0.2, 0.25) is 5.02 Å². The van der Waals surface area contributed by atoms with Gasteiger partial charge in [0.05, 0.1) is 22.9 Å². The second kappa shape index (κ2) is 8.57. The maximum Gasteiger partial charge on any atom is 0.323 e. The molecule has 33 heavy (non-hydrogen) atoms. The molecule has 6 nitrogen and oxygen atoms in total. The molecule has 1 heterocycles. The number of benzene rings is 3. The van der Waals surface area contributed by atoms with Crippen LogP contribution in [0.15, 0.2) is 78.9 Å². The highest BCUT2D eigenvalue weighted by atomic mass is 35.5. The van der Waals surface area contributed by atoms with Crippen LogP contribution >= 0.6 is 11.6 Å². The average molecular weight is 479 g/mol. The zero-order valence-electron chi connectivity index (χ0n) is 18.0.